The lowest BCUT2D eigenvalue weighted by Crippen LogP contribution is -2.31. The molecular weight excluding hydrogens is 257 g/mol. The van der Waals surface area contributed by atoms with Crippen molar-refractivity contribution in [2.45, 2.75) is 32.1 Å². The Balaban J connectivity index is 2.13. The van der Waals surface area contributed by atoms with Gasteiger partial charge in [-0.3, -0.25) is 4.79 Å². The summed E-state index contributed by atoms with van der Waals surface area (Å²) < 4.78 is 18.2. The van der Waals surface area contributed by atoms with Crippen LogP contribution in [0.1, 0.15) is 37.7 Å². The molecule has 1 heterocycles. The summed E-state index contributed by atoms with van der Waals surface area (Å²) in [6.45, 7) is 4.17. The summed E-state index contributed by atoms with van der Waals surface area (Å²) in [4.78, 5) is 11.8. The molecule has 0 amide bonds. The number of esters is 1. The normalized spacial score (nSPS) is 17.7. The van der Waals surface area contributed by atoms with E-state index in [0.29, 0.717) is 18.9 Å². The minimum Gasteiger partial charge on any atom is -0.466 e. The number of rotatable bonds is 5. The molecule has 1 aliphatic rings. The Hall–Kier alpha value is -1.42. The van der Waals surface area contributed by atoms with Crippen molar-refractivity contribution in [3.05, 3.63) is 35.6 Å². The lowest BCUT2D eigenvalue weighted by molar-refractivity contribution is -0.143. The number of halogens is 1. The van der Waals surface area contributed by atoms with Crippen molar-refractivity contribution in [3.8, 4) is 0 Å². The van der Waals surface area contributed by atoms with Crippen LogP contribution in [0.2, 0.25) is 0 Å². The van der Waals surface area contributed by atoms with Crippen LogP contribution in [0.3, 0.4) is 0 Å². The molecule has 4 heteroatoms. The van der Waals surface area contributed by atoms with E-state index in [2.05, 4.69) is 5.32 Å². The van der Waals surface area contributed by atoms with E-state index < -0.39 is 0 Å². The van der Waals surface area contributed by atoms with Crippen LogP contribution in [0.5, 0.6) is 0 Å². The fourth-order valence-electron chi connectivity index (χ4n) is 2.91. The number of ether oxygens (including phenoxy) is 1. The molecule has 110 valence electrons. The summed E-state index contributed by atoms with van der Waals surface area (Å²) in [5, 5.41) is 3.33. The van der Waals surface area contributed by atoms with Crippen molar-refractivity contribution in [1.29, 1.82) is 0 Å². The van der Waals surface area contributed by atoms with E-state index in [-0.39, 0.29) is 17.7 Å². The Kier molecular flexibility index (Phi) is 5.53. The minimum atomic E-state index is -0.242. The van der Waals surface area contributed by atoms with Gasteiger partial charge in [-0.25, -0.2) is 4.39 Å². The highest BCUT2D eigenvalue weighted by molar-refractivity contribution is 5.70. The molecule has 1 aromatic carbocycles. The van der Waals surface area contributed by atoms with E-state index in [4.69, 9.17) is 4.74 Å². The second kappa shape index (κ2) is 7.39. The average Bonchev–Trinajstić information content (AvgIpc) is 2.47. The third-order valence-electron chi connectivity index (χ3n) is 3.94. The maximum absolute atomic E-state index is 13.1. The molecule has 1 aliphatic heterocycles. The molecule has 1 aromatic rings. The predicted octanol–water partition coefficient (Wildman–Crippen LogP) is 2.86. The Morgan fingerprint density at radius 1 is 1.35 bits per heavy atom. The van der Waals surface area contributed by atoms with Gasteiger partial charge in [0.05, 0.1) is 13.0 Å². The standard InChI is InChI=1S/C16H22FNO2/c1-2-20-16(19)11-15(13-7-9-18-10-8-13)12-3-5-14(17)6-4-12/h3-6,13,15,18H,2,7-11H2,1H3/t15-/m0/s1. The maximum atomic E-state index is 13.1. The van der Waals surface area contributed by atoms with Crippen molar-refractivity contribution >= 4 is 5.97 Å². The molecule has 2 rings (SSSR count). The molecule has 1 saturated heterocycles. The van der Waals surface area contributed by atoms with Gasteiger partial charge < -0.3 is 10.1 Å². The van der Waals surface area contributed by atoms with E-state index in [1.165, 1.54) is 12.1 Å². The molecule has 0 bridgehead atoms. The topological polar surface area (TPSA) is 38.3 Å². The molecule has 0 aromatic heterocycles. The van der Waals surface area contributed by atoms with E-state index >= 15 is 0 Å². The fourth-order valence-corrected chi connectivity index (χ4v) is 2.91. The van der Waals surface area contributed by atoms with Gasteiger partial charge in [0.25, 0.3) is 0 Å². The zero-order valence-electron chi connectivity index (χ0n) is 11.9. The molecule has 1 N–H and O–H groups in total. The number of benzene rings is 1. The van der Waals surface area contributed by atoms with Crippen molar-refractivity contribution < 1.29 is 13.9 Å². The summed E-state index contributed by atoms with van der Waals surface area (Å²) in [7, 11) is 0. The Bertz CT molecular complexity index is 427. The van der Waals surface area contributed by atoms with Gasteiger partial charge in [-0.05, 0) is 62.4 Å². The number of nitrogens with one attached hydrogen (secondary N) is 1. The SMILES string of the molecule is CCOC(=O)C[C@@H](c1ccc(F)cc1)C1CCNCC1. The number of carbonyl (C=O) groups excluding carboxylic acids is 1. The summed E-state index contributed by atoms with van der Waals surface area (Å²) in [6.07, 6.45) is 2.47. The molecule has 0 radical (unpaired) electrons. The molecule has 0 spiro atoms. The molecule has 20 heavy (non-hydrogen) atoms. The summed E-state index contributed by atoms with van der Waals surface area (Å²) in [5.74, 6) is 0.164. The largest absolute Gasteiger partial charge is 0.466 e. The van der Waals surface area contributed by atoms with Crippen molar-refractivity contribution in [3.63, 3.8) is 0 Å². The van der Waals surface area contributed by atoms with Crippen LogP contribution < -0.4 is 5.32 Å². The quantitative estimate of drug-likeness (QED) is 0.842. The first kappa shape index (κ1) is 15.0. The van der Waals surface area contributed by atoms with Crippen LogP contribution in [0.25, 0.3) is 0 Å². The highest BCUT2D eigenvalue weighted by atomic mass is 19.1. The van der Waals surface area contributed by atoms with E-state index in [9.17, 15) is 9.18 Å². The van der Waals surface area contributed by atoms with Gasteiger partial charge in [0.15, 0.2) is 0 Å². The Morgan fingerprint density at radius 2 is 2.00 bits per heavy atom. The first-order valence-corrected chi connectivity index (χ1v) is 7.32. The zero-order chi connectivity index (χ0) is 14.4. The van der Waals surface area contributed by atoms with Gasteiger partial charge >= 0.3 is 5.97 Å². The van der Waals surface area contributed by atoms with Gasteiger partial charge in [-0.15, -0.1) is 0 Å². The highest BCUT2D eigenvalue weighted by Crippen LogP contribution is 2.34. The minimum absolute atomic E-state index is 0.122. The molecule has 0 unspecified atom stereocenters. The van der Waals surface area contributed by atoms with Gasteiger partial charge in [0.2, 0.25) is 0 Å². The van der Waals surface area contributed by atoms with Crippen LogP contribution in [-0.2, 0) is 9.53 Å². The van der Waals surface area contributed by atoms with Gasteiger partial charge in [0, 0.05) is 0 Å². The van der Waals surface area contributed by atoms with E-state index in [1.54, 1.807) is 12.1 Å². The smallest absolute Gasteiger partial charge is 0.306 e. The summed E-state index contributed by atoms with van der Waals surface area (Å²) in [6, 6.07) is 6.52. The van der Waals surface area contributed by atoms with Crippen LogP contribution in [0, 0.1) is 11.7 Å². The summed E-state index contributed by atoms with van der Waals surface area (Å²) >= 11 is 0. The number of carbonyl (C=O) groups is 1. The van der Waals surface area contributed by atoms with Gasteiger partial charge in [0.1, 0.15) is 5.82 Å². The van der Waals surface area contributed by atoms with Crippen LogP contribution >= 0.6 is 0 Å². The second-order valence-corrected chi connectivity index (χ2v) is 5.25. The highest BCUT2D eigenvalue weighted by Gasteiger charge is 2.27. The molecule has 3 nitrogen and oxygen atoms in total. The Morgan fingerprint density at radius 3 is 2.60 bits per heavy atom. The fraction of sp³-hybridized carbons (Fsp3) is 0.562. The first-order chi connectivity index (χ1) is 9.70. The van der Waals surface area contributed by atoms with Gasteiger partial charge in [-0.1, -0.05) is 12.1 Å². The summed E-state index contributed by atoms with van der Waals surface area (Å²) in [5.41, 5.74) is 1.03. The van der Waals surface area contributed by atoms with Crippen molar-refractivity contribution in [2.24, 2.45) is 5.92 Å². The third kappa shape index (κ3) is 4.04. The molecule has 1 fully saturated rings. The number of hydrogen-bond donors (Lipinski definition) is 1. The van der Waals surface area contributed by atoms with Gasteiger partial charge in [-0.2, -0.15) is 0 Å². The zero-order valence-corrected chi connectivity index (χ0v) is 11.9. The average molecular weight is 279 g/mol. The third-order valence-corrected chi connectivity index (χ3v) is 3.94. The van der Waals surface area contributed by atoms with Crippen LogP contribution in [-0.4, -0.2) is 25.7 Å². The monoisotopic (exact) mass is 279 g/mol. The second-order valence-electron chi connectivity index (χ2n) is 5.25. The maximum Gasteiger partial charge on any atom is 0.306 e. The lowest BCUT2D eigenvalue weighted by atomic mass is 9.78. The van der Waals surface area contributed by atoms with Crippen LogP contribution in [0.4, 0.5) is 4.39 Å². The number of piperidine rings is 1. The molecular formula is C16H22FNO2. The molecule has 0 saturated carbocycles. The van der Waals surface area contributed by atoms with E-state index in [1.807, 2.05) is 6.92 Å². The molecule has 0 aliphatic carbocycles. The number of hydrogen-bond acceptors (Lipinski definition) is 3. The first-order valence-electron chi connectivity index (χ1n) is 7.32. The van der Waals surface area contributed by atoms with E-state index in [0.717, 1.165) is 31.5 Å². The molecule has 1 atom stereocenters. The Labute approximate surface area is 119 Å². The lowest BCUT2D eigenvalue weighted by Gasteiger charge is -2.30. The van der Waals surface area contributed by atoms with Crippen molar-refractivity contribution in [1.82, 2.24) is 5.32 Å². The van der Waals surface area contributed by atoms with Crippen LogP contribution in [0.15, 0.2) is 24.3 Å². The predicted molar refractivity (Wildman–Crippen MR) is 76.0 cm³/mol. The van der Waals surface area contributed by atoms with Crippen molar-refractivity contribution in [2.75, 3.05) is 19.7 Å².